The molecule has 17 heteroatoms. The average molecular weight is 992 g/mol. The predicted octanol–water partition coefficient (Wildman–Crippen LogP) is 5.33. The number of aromatic nitrogens is 3. The molecule has 4 aromatic rings. The van der Waals surface area contributed by atoms with E-state index in [0.717, 1.165) is 29.5 Å². The summed E-state index contributed by atoms with van der Waals surface area (Å²) in [6.45, 7) is 13.9. The summed E-state index contributed by atoms with van der Waals surface area (Å²) < 4.78 is 19.4. The van der Waals surface area contributed by atoms with Gasteiger partial charge in [0.25, 0.3) is 5.91 Å². The number of rotatable bonds is 27. The zero-order valence-corrected chi connectivity index (χ0v) is 43.1. The van der Waals surface area contributed by atoms with Gasteiger partial charge in [-0.15, -0.1) is 5.10 Å². The van der Waals surface area contributed by atoms with Crippen LogP contribution in [-0.4, -0.2) is 112 Å². The van der Waals surface area contributed by atoms with E-state index in [2.05, 4.69) is 31.6 Å². The van der Waals surface area contributed by atoms with Crippen LogP contribution in [0.3, 0.4) is 0 Å². The Morgan fingerprint density at radius 3 is 1.94 bits per heavy atom. The van der Waals surface area contributed by atoms with E-state index in [1.165, 1.54) is 0 Å². The van der Waals surface area contributed by atoms with Crippen molar-refractivity contribution < 1.29 is 47.5 Å². The minimum absolute atomic E-state index is 0.00377. The minimum Gasteiger partial charge on any atom is -0.483 e. The quantitative estimate of drug-likeness (QED) is 0.0341. The van der Waals surface area contributed by atoms with Crippen molar-refractivity contribution in [1.29, 1.82) is 0 Å². The molecule has 2 heterocycles. The Morgan fingerprint density at radius 2 is 1.33 bits per heavy atom. The number of morpholine rings is 1. The maximum atomic E-state index is 14.6. The van der Waals surface area contributed by atoms with Crippen LogP contribution in [0, 0.1) is 17.3 Å². The molecule has 1 aliphatic carbocycles. The van der Waals surface area contributed by atoms with Crippen LogP contribution in [-0.2, 0) is 66.5 Å². The molecule has 0 bridgehead atoms. The van der Waals surface area contributed by atoms with E-state index < -0.39 is 53.3 Å². The third-order valence-electron chi connectivity index (χ3n) is 13.4. The maximum absolute atomic E-state index is 14.6. The topological polar surface area (TPSA) is 209 Å². The van der Waals surface area contributed by atoms with Crippen molar-refractivity contribution in [2.24, 2.45) is 24.3 Å². The van der Waals surface area contributed by atoms with E-state index in [0.29, 0.717) is 61.6 Å². The van der Waals surface area contributed by atoms with E-state index in [1.54, 1.807) is 30.9 Å². The van der Waals surface area contributed by atoms with E-state index in [1.807, 2.05) is 107 Å². The monoisotopic (exact) mass is 992 g/mol. The number of carbonyl (C=O) groups excluding carboxylic acids is 6. The number of benzene rings is 3. The summed E-state index contributed by atoms with van der Waals surface area (Å²) in [6, 6.07) is 20.5. The third-order valence-corrected chi connectivity index (χ3v) is 13.4. The zero-order chi connectivity index (χ0) is 51.8. The Hall–Kier alpha value is -6.46. The van der Waals surface area contributed by atoms with Gasteiger partial charge in [0, 0.05) is 30.9 Å². The molecule has 1 saturated heterocycles. The van der Waals surface area contributed by atoms with E-state index in [4.69, 9.17) is 14.2 Å². The van der Waals surface area contributed by atoms with E-state index in [-0.39, 0.29) is 68.1 Å². The lowest BCUT2D eigenvalue weighted by atomic mass is 9.91. The van der Waals surface area contributed by atoms with Crippen molar-refractivity contribution in [2.45, 2.75) is 130 Å². The number of nitrogens with one attached hydrogen (secondary N) is 4. The Balaban J connectivity index is 1.21. The highest BCUT2D eigenvalue weighted by molar-refractivity contribution is 5.98. The fourth-order valence-electron chi connectivity index (χ4n) is 9.05. The molecule has 4 atom stereocenters. The third kappa shape index (κ3) is 16.6. The molecular formula is C55H75N8O9+. The summed E-state index contributed by atoms with van der Waals surface area (Å²) >= 11 is 0. The van der Waals surface area contributed by atoms with E-state index >= 15 is 0 Å². The number of aryl methyl sites for hydroxylation is 2. The van der Waals surface area contributed by atoms with Crippen molar-refractivity contribution in [3.8, 4) is 11.5 Å². The standard InChI is InChI=1S/C55H74N8O9/c1-8-50(65)72-47-22-20-41(32-48(47)71-36-42-33-62(7)61-60-42)34-63(25-27-70-28-26-63)35-49(64)56-43(21-19-39-15-11-9-12-16-39)52(67)58-45(30-38(4)5)53(68)59-46(31-40-17-13-10-14-18-40)54(69)57-44(29-37(2)3)51(66)55(6)23-24-55/h9-18,20,22,32-33,37-38,43-46H,8,19,21,23-31,34-36H2,1-7H3,(H3-,56,57,58,59,64,67,68,69)/p+1/t43-,44-,45-,46-/m0/s1. The Labute approximate surface area is 424 Å². The van der Waals surface area contributed by atoms with Gasteiger partial charge in [-0.25, -0.2) is 0 Å². The Bertz CT molecular complexity index is 2450. The summed E-state index contributed by atoms with van der Waals surface area (Å²) in [5, 5.41) is 20.1. The number of esters is 1. The largest absolute Gasteiger partial charge is 0.483 e. The molecule has 1 aliphatic heterocycles. The number of hydrogen-bond donors (Lipinski definition) is 4. The number of amides is 4. The van der Waals surface area contributed by atoms with Gasteiger partial charge in [0.05, 0.1) is 25.5 Å². The number of Topliss-reactive ketones (excluding diaryl/α,β-unsaturated/α-hetero) is 1. The molecular weight excluding hydrogens is 917 g/mol. The smallest absolute Gasteiger partial charge is 0.311 e. The van der Waals surface area contributed by atoms with Crippen LogP contribution in [0.1, 0.15) is 102 Å². The van der Waals surface area contributed by atoms with Crippen LogP contribution in [0.5, 0.6) is 11.5 Å². The molecule has 0 unspecified atom stereocenters. The average Bonchev–Trinajstić information content (AvgIpc) is 3.97. The van der Waals surface area contributed by atoms with Crippen LogP contribution in [0.25, 0.3) is 0 Å². The van der Waals surface area contributed by atoms with Crippen molar-refractivity contribution in [3.05, 3.63) is 107 Å². The molecule has 0 spiro atoms. The highest BCUT2D eigenvalue weighted by atomic mass is 16.6. The summed E-state index contributed by atoms with van der Waals surface area (Å²) in [5.74, 6) is -1.61. The lowest BCUT2D eigenvalue weighted by molar-refractivity contribution is -0.940. The van der Waals surface area contributed by atoms with Crippen LogP contribution in [0.15, 0.2) is 85.1 Å². The highest BCUT2D eigenvalue weighted by Crippen LogP contribution is 2.47. The van der Waals surface area contributed by atoms with Gasteiger partial charge in [-0.2, -0.15) is 0 Å². The van der Waals surface area contributed by atoms with E-state index in [9.17, 15) is 28.8 Å². The highest BCUT2D eigenvalue weighted by Gasteiger charge is 2.48. The SMILES string of the molecule is CCC(=O)Oc1ccc(C[N+]2(CC(=O)N[C@@H](CCc3ccccc3)C(=O)N[C@@H](CC(C)C)C(=O)N[C@@H](Cc3ccccc3)C(=O)N[C@@H](CC(C)C)C(=O)C3(C)CC3)CCOCC2)cc1OCc1cn(C)nn1. The molecule has 1 saturated carbocycles. The Morgan fingerprint density at radius 1 is 0.736 bits per heavy atom. The molecule has 388 valence electrons. The normalized spacial score (nSPS) is 16.4. The van der Waals surface area contributed by atoms with Crippen LogP contribution >= 0.6 is 0 Å². The van der Waals surface area contributed by atoms with Gasteiger partial charge in [0.1, 0.15) is 50.1 Å². The van der Waals surface area contributed by atoms with Crippen molar-refractivity contribution in [2.75, 3.05) is 32.8 Å². The fraction of sp³-hybridized carbons (Fsp3) is 0.527. The van der Waals surface area contributed by atoms with Gasteiger partial charge in [0.15, 0.2) is 23.8 Å². The first-order valence-corrected chi connectivity index (χ1v) is 25.5. The van der Waals surface area contributed by atoms with Crippen LogP contribution < -0.4 is 30.7 Å². The molecule has 3 aromatic carbocycles. The van der Waals surface area contributed by atoms with Gasteiger partial charge < -0.3 is 40.0 Å². The first-order chi connectivity index (χ1) is 34.4. The minimum atomic E-state index is -1.05. The molecule has 1 aromatic heterocycles. The lowest BCUT2D eigenvalue weighted by Crippen LogP contribution is -2.61. The second kappa shape index (κ2) is 25.8. The molecule has 72 heavy (non-hydrogen) atoms. The molecule has 6 rings (SSSR count). The first kappa shape index (κ1) is 54.9. The molecule has 2 fully saturated rings. The number of hydrogen-bond acceptors (Lipinski definition) is 11. The summed E-state index contributed by atoms with van der Waals surface area (Å²) in [5.41, 5.74) is 2.74. The van der Waals surface area contributed by atoms with Crippen LogP contribution in [0.4, 0.5) is 0 Å². The predicted molar refractivity (Wildman–Crippen MR) is 271 cm³/mol. The molecule has 2 aliphatic rings. The summed E-state index contributed by atoms with van der Waals surface area (Å²) in [4.78, 5) is 83.9. The van der Waals surface area contributed by atoms with Crippen molar-refractivity contribution in [3.63, 3.8) is 0 Å². The van der Waals surface area contributed by atoms with Crippen molar-refractivity contribution >= 4 is 35.4 Å². The van der Waals surface area contributed by atoms with Gasteiger partial charge >= 0.3 is 5.97 Å². The molecule has 4 amide bonds. The molecule has 17 nitrogen and oxygen atoms in total. The number of ether oxygens (including phenoxy) is 3. The fourth-order valence-corrected chi connectivity index (χ4v) is 9.05. The molecule has 4 N–H and O–H groups in total. The van der Waals surface area contributed by atoms with Gasteiger partial charge in [-0.05, 0) is 79.7 Å². The van der Waals surface area contributed by atoms with Gasteiger partial charge in [-0.1, -0.05) is 107 Å². The summed E-state index contributed by atoms with van der Waals surface area (Å²) in [6.07, 6.45) is 5.05. The number of carbonyl (C=O) groups is 6. The second-order valence-electron chi connectivity index (χ2n) is 20.7. The molecule has 0 radical (unpaired) electrons. The van der Waals surface area contributed by atoms with Crippen molar-refractivity contribution in [1.82, 2.24) is 36.3 Å². The zero-order valence-electron chi connectivity index (χ0n) is 43.1. The number of nitrogens with zero attached hydrogens (tertiary/aromatic N) is 4. The van der Waals surface area contributed by atoms with Gasteiger partial charge in [0.2, 0.25) is 17.7 Å². The van der Waals surface area contributed by atoms with Gasteiger partial charge in [-0.3, -0.25) is 33.4 Å². The first-order valence-electron chi connectivity index (χ1n) is 25.5. The maximum Gasteiger partial charge on any atom is 0.311 e. The lowest BCUT2D eigenvalue weighted by Gasteiger charge is -2.41. The second-order valence-corrected chi connectivity index (χ2v) is 20.7. The van der Waals surface area contributed by atoms with Crippen LogP contribution in [0.2, 0.25) is 0 Å². The number of quaternary nitrogens is 1. The Kier molecular flexibility index (Phi) is 19.6. The summed E-state index contributed by atoms with van der Waals surface area (Å²) in [7, 11) is 1.76. The number of ketones is 1.